The zero-order valence-electron chi connectivity index (χ0n) is 23.4. The van der Waals surface area contributed by atoms with Crippen molar-refractivity contribution in [3.05, 3.63) is 89.5 Å². The lowest BCUT2D eigenvalue weighted by Crippen LogP contribution is -2.55. The number of para-hydroxylation sites is 1. The summed E-state index contributed by atoms with van der Waals surface area (Å²) < 4.78 is 11.9. The van der Waals surface area contributed by atoms with Crippen molar-refractivity contribution in [3.63, 3.8) is 0 Å². The summed E-state index contributed by atoms with van der Waals surface area (Å²) in [5.74, 6) is -1.98. The minimum atomic E-state index is -1.19. The van der Waals surface area contributed by atoms with Gasteiger partial charge in [-0.05, 0) is 64.0 Å². The number of rotatable bonds is 8. The molecule has 1 heterocycles. The molecule has 2 aliphatic carbocycles. The predicted octanol–water partition coefficient (Wildman–Crippen LogP) is 5.60. The van der Waals surface area contributed by atoms with Crippen molar-refractivity contribution in [2.75, 3.05) is 4.90 Å². The van der Waals surface area contributed by atoms with Crippen LogP contribution in [0.3, 0.4) is 0 Å². The quantitative estimate of drug-likeness (QED) is 0.319. The normalized spacial score (nSPS) is 28.6. The first-order valence-electron chi connectivity index (χ1n) is 13.8. The number of Topliss-reactive ketones (excluding diaryl/α,β-unsaturated/α-hetero) is 1. The molecule has 0 bridgehead atoms. The van der Waals surface area contributed by atoms with Gasteiger partial charge >= 0.3 is 11.9 Å². The molecule has 2 saturated carbocycles. The first-order chi connectivity index (χ1) is 19.1. The van der Waals surface area contributed by atoms with E-state index in [1.807, 2.05) is 51.1 Å². The number of allylic oxidation sites excluding steroid dienone is 3. The number of esters is 2. The van der Waals surface area contributed by atoms with E-state index in [-0.39, 0.29) is 24.5 Å². The Morgan fingerprint density at radius 1 is 1.00 bits per heavy atom. The lowest BCUT2D eigenvalue weighted by Gasteiger charge is -2.40. The fraction of sp³-hybridized carbons (Fsp3) is 0.394. The lowest BCUT2D eigenvalue weighted by atomic mass is 9.79. The second-order valence-electron chi connectivity index (χ2n) is 11.3. The van der Waals surface area contributed by atoms with Gasteiger partial charge in [-0.2, -0.15) is 0 Å². The fourth-order valence-electron chi connectivity index (χ4n) is 6.76. The molecule has 40 heavy (non-hydrogen) atoms. The van der Waals surface area contributed by atoms with Gasteiger partial charge < -0.3 is 14.4 Å². The first-order valence-corrected chi connectivity index (χ1v) is 13.8. The largest absolute Gasteiger partial charge is 0.460 e. The Morgan fingerprint density at radius 2 is 1.65 bits per heavy atom. The molecule has 5 atom stereocenters. The molecule has 1 aliphatic heterocycles. The predicted molar refractivity (Wildman–Crippen MR) is 150 cm³/mol. The maximum atomic E-state index is 14.1. The molecule has 3 fully saturated rings. The summed E-state index contributed by atoms with van der Waals surface area (Å²) in [7, 11) is 0. The molecule has 0 aromatic heterocycles. The number of hydrogen-bond acceptors (Lipinski definition) is 6. The first kappa shape index (κ1) is 27.6. The standard InChI is InChI=1S/C33H35NO6/c1-21(2)12-11-13-22(3)19-33-30-29(39-23(4)35)26(18-27(36)32(30,33)20-28(37)40-33)34(25-16-9-6-10-17-25)31(38)24-14-7-5-8-15-24/h5-10,12,14-17,19,26,29-30H,11,13,18,20H2,1-4H3/b22-19+/t26-,29+,30?,32?,33-/m0/s1. The van der Waals surface area contributed by atoms with Crippen molar-refractivity contribution in [2.45, 2.75) is 71.1 Å². The number of anilines is 1. The average molecular weight is 542 g/mol. The third-order valence-corrected chi connectivity index (χ3v) is 8.37. The Bertz CT molecular complexity index is 1390. The molecule has 0 N–H and O–H groups in total. The number of amides is 1. The van der Waals surface area contributed by atoms with E-state index in [0.717, 1.165) is 18.4 Å². The van der Waals surface area contributed by atoms with E-state index in [1.165, 1.54) is 12.5 Å². The summed E-state index contributed by atoms with van der Waals surface area (Å²) in [6.45, 7) is 7.37. The van der Waals surface area contributed by atoms with E-state index >= 15 is 0 Å². The van der Waals surface area contributed by atoms with Crippen LogP contribution in [0.25, 0.3) is 0 Å². The van der Waals surface area contributed by atoms with Gasteiger partial charge in [-0.1, -0.05) is 53.6 Å². The second-order valence-corrected chi connectivity index (χ2v) is 11.3. The number of fused-ring (bicyclic) bond motifs is 1. The van der Waals surface area contributed by atoms with Gasteiger partial charge in [0.1, 0.15) is 11.9 Å². The average Bonchev–Trinajstić information content (AvgIpc) is 3.33. The van der Waals surface area contributed by atoms with Crippen molar-refractivity contribution in [3.8, 4) is 0 Å². The molecule has 2 aromatic carbocycles. The molecule has 5 rings (SSSR count). The summed E-state index contributed by atoms with van der Waals surface area (Å²) in [5.41, 5.74) is 0.958. The monoisotopic (exact) mass is 541 g/mol. The van der Waals surface area contributed by atoms with Crippen LogP contribution in [-0.4, -0.2) is 41.4 Å². The van der Waals surface area contributed by atoms with Gasteiger partial charge in [0.15, 0.2) is 5.60 Å². The van der Waals surface area contributed by atoms with E-state index < -0.39 is 41.0 Å². The number of carbonyl (C=O) groups excluding carboxylic acids is 4. The van der Waals surface area contributed by atoms with Crippen molar-refractivity contribution in [1.82, 2.24) is 0 Å². The van der Waals surface area contributed by atoms with Crippen molar-refractivity contribution < 1.29 is 28.7 Å². The molecule has 1 saturated heterocycles. The highest BCUT2D eigenvalue weighted by Gasteiger charge is 2.90. The van der Waals surface area contributed by atoms with Gasteiger partial charge in [0.05, 0.1) is 23.8 Å². The number of ketones is 1. The van der Waals surface area contributed by atoms with Crippen molar-refractivity contribution in [2.24, 2.45) is 11.3 Å². The molecule has 208 valence electrons. The minimum absolute atomic E-state index is 0.0588. The highest BCUT2D eigenvalue weighted by atomic mass is 16.6. The van der Waals surface area contributed by atoms with E-state index in [2.05, 4.69) is 6.08 Å². The fourth-order valence-corrected chi connectivity index (χ4v) is 6.76. The number of benzene rings is 2. The number of nitrogens with zero attached hydrogens (tertiary/aromatic N) is 1. The second kappa shape index (κ2) is 10.5. The third kappa shape index (κ3) is 4.57. The Morgan fingerprint density at radius 3 is 2.27 bits per heavy atom. The molecule has 1 spiro atoms. The lowest BCUT2D eigenvalue weighted by molar-refractivity contribution is -0.156. The van der Waals surface area contributed by atoms with Crippen LogP contribution in [-0.2, 0) is 23.9 Å². The topological polar surface area (TPSA) is 90.0 Å². The highest BCUT2D eigenvalue weighted by molar-refractivity contribution is 6.08. The highest BCUT2D eigenvalue weighted by Crippen LogP contribution is 2.76. The molecule has 7 heteroatoms. The zero-order valence-corrected chi connectivity index (χ0v) is 23.4. The summed E-state index contributed by atoms with van der Waals surface area (Å²) in [6, 6.07) is 17.2. The zero-order chi connectivity index (χ0) is 28.7. The molecular formula is C33H35NO6. The van der Waals surface area contributed by atoms with Gasteiger partial charge in [0, 0.05) is 24.6 Å². The Kier molecular flexibility index (Phi) is 7.25. The smallest absolute Gasteiger partial charge is 0.307 e. The van der Waals surface area contributed by atoms with E-state index in [4.69, 9.17) is 9.47 Å². The molecule has 2 unspecified atom stereocenters. The van der Waals surface area contributed by atoms with Gasteiger partial charge in [0.25, 0.3) is 5.91 Å². The van der Waals surface area contributed by atoms with Crippen LogP contribution in [0, 0.1) is 11.3 Å². The van der Waals surface area contributed by atoms with Crippen LogP contribution in [0.2, 0.25) is 0 Å². The van der Waals surface area contributed by atoms with Crippen molar-refractivity contribution >= 4 is 29.3 Å². The van der Waals surface area contributed by atoms with Crippen LogP contribution in [0.5, 0.6) is 0 Å². The molecule has 3 aliphatic rings. The minimum Gasteiger partial charge on any atom is -0.460 e. The van der Waals surface area contributed by atoms with E-state index in [1.54, 1.807) is 41.3 Å². The van der Waals surface area contributed by atoms with E-state index in [9.17, 15) is 19.2 Å². The molecule has 1 amide bonds. The van der Waals surface area contributed by atoms with Crippen LogP contribution >= 0.6 is 0 Å². The number of hydrogen-bond donors (Lipinski definition) is 0. The number of carbonyl (C=O) groups is 4. The molecule has 0 radical (unpaired) electrons. The van der Waals surface area contributed by atoms with Crippen LogP contribution in [0.1, 0.15) is 63.7 Å². The summed E-state index contributed by atoms with van der Waals surface area (Å²) >= 11 is 0. The van der Waals surface area contributed by atoms with E-state index in [0.29, 0.717) is 11.3 Å². The SMILES string of the molecule is CC(=O)O[C@H]1C2C3(CC(=O)O[C@@]23/C=C(\C)CCC=C(C)C)C(=O)C[C@@H]1N(C(=O)c1ccccc1)c1ccccc1. The van der Waals surface area contributed by atoms with Gasteiger partial charge in [-0.3, -0.25) is 19.2 Å². The summed E-state index contributed by atoms with van der Waals surface area (Å²) in [5, 5.41) is 0. The maximum Gasteiger partial charge on any atom is 0.307 e. The van der Waals surface area contributed by atoms with Crippen LogP contribution in [0.4, 0.5) is 5.69 Å². The Labute approximate surface area is 234 Å². The number of ether oxygens (including phenoxy) is 2. The Balaban J connectivity index is 1.59. The van der Waals surface area contributed by atoms with Gasteiger partial charge in [-0.15, -0.1) is 0 Å². The molecular weight excluding hydrogens is 506 g/mol. The Hall–Kier alpha value is -4.00. The van der Waals surface area contributed by atoms with Crippen LogP contribution < -0.4 is 4.90 Å². The van der Waals surface area contributed by atoms with Crippen LogP contribution in [0.15, 0.2) is 84.0 Å². The van der Waals surface area contributed by atoms with Gasteiger partial charge in [0.2, 0.25) is 0 Å². The van der Waals surface area contributed by atoms with Crippen molar-refractivity contribution in [1.29, 1.82) is 0 Å². The maximum absolute atomic E-state index is 14.1. The summed E-state index contributed by atoms with van der Waals surface area (Å²) in [6.07, 6.45) is 4.64. The molecule has 2 aromatic rings. The van der Waals surface area contributed by atoms with Gasteiger partial charge in [-0.25, -0.2) is 0 Å². The summed E-state index contributed by atoms with van der Waals surface area (Å²) in [4.78, 5) is 54.8. The molecule has 7 nitrogen and oxygen atoms in total. The third-order valence-electron chi connectivity index (χ3n) is 8.37.